The van der Waals surface area contributed by atoms with E-state index in [0.717, 1.165) is 5.75 Å². The number of hydrogen-bond donors (Lipinski definition) is 3. The van der Waals surface area contributed by atoms with E-state index in [2.05, 4.69) is 10.6 Å². The van der Waals surface area contributed by atoms with Crippen molar-refractivity contribution in [3.8, 4) is 5.75 Å². The molecule has 0 spiro atoms. The quantitative estimate of drug-likeness (QED) is 0.714. The van der Waals surface area contributed by atoms with Crippen LogP contribution in [0.25, 0.3) is 0 Å². The summed E-state index contributed by atoms with van der Waals surface area (Å²) in [4.78, 5) is 24.0. The Bertz CT molecular complexity index is 539. The molecule has 7 nitrogen and oxygen atoms in total. The SMILES string of the molecule is CCOc1ccc(NC(=O)CNC(=O)C2(N)CCOCC2)cc1. The largest absolute Gasteiger partial charge is 0.494 e. The van der Waals surface area contributed by atoms with Crippen LogP contribution in [0.5, 0.6) is 5.75 Å². The van der Waals surface area contributed by atoms with Crippen molar-refractivity contribution < 1.29 is 19.1 Å². The van der Waals surface area contributed by atoms with E-state index in [1.807, 2.05) is 6.92 Å². The minimum absolute atomic E-state index is 0.119. The predicted octanol–water partition coefficient (Wildman–Crippen LogP) is 0.648. The van der Waals surface area contributed by atoms with Crippen molar-refractivity contribution in [1.29, 1.82) is 0 Å². The second-order valence-electron chi connectivity index (χ2n) is 5.46. The smallest absolute Gasteiger partial charge is 0.243 e. The summed E-state index contributed by atoms with van der Waals surface area (Å²) in [6.07, 6.45) is 0.915. The minimum atomic E-state index is -0.947. The predicted molar refractivity (Wildman–Crippen MR) is 86.2 cm³/mol. The van der Waals surface area contributed by atoms with Crippen molar-refractivity contribution in [2.45, 2.75) is 25.3 Å². The Kier molecular flexibility index (Phi) is 5.95. The highest BCUT2D eigenvalue weighted by Gasteiger charge is 2.35. The van der Waals surface area contributed by atoms with E-state index in [9.17, 15) is 9.59 Å². The second-order valence-corrected chi connectivity index (χ2v) is 5.46. The lowest BCUT2D eigenvalue weighted by Gasteiger charge is -2.31. The first kappa shape index (κ1) is 17.2. The molecule has 0 bridgehead atoms. The summed E-state index contributed by atoms with van der Waals surface area (Å²) in [6, 6.07) is 7.03. The lowest BCUT2D eigenvalue weighted by atomic mass is 9.90. The van der Waals surface area contributed by atoms with E-state index in [-0.39, 0.29) is 18.4 Å². The van der Waals surface area contributed by atoms with Gasteiger partial charge in [-0.1, -0.05) is 0 Å². The zero-order valence-corrected chi connectivity index (χ0v) is 13.3. The van der Waals surface area contributed by atoms with E-state index in [4.69, 9.17) is 15.2 Å². The molecule has 1 aliphatic heterocycles. The molecule has 1 aromatic rings. The highest BCUT2D eigenvalue weighted by molar-refractivity contribution is 5.96. The molecule has 0 unspecified atom stereocenters. The first-order chi connectivity index (χ1) is 11.0. The molecule has 4 N–H and O–H groups in total. The molecule has 1 heterocycles. The van der Waals surface area contributed by atoms with E-state index in [1.54, 1.807) is 24.3 Å². The maximum Gasteiger partial charge on any atom is 0.243 e. The summed E-state index contributed by atoms with van der Waals surface area (Å²) in [7, 11) is 0. The fraction of sp³-hybridized carbons (Fsp3) is 0.500. The van der Waals surface area contributed by atoms with Gasteiger partial charge in [0.2, 0.25) is 11.8 Å². The Morgan fingerprint density at radius 2 is 1.91 bits per heavy atom. The number of carbonyl (C=O) groups is 2. The molecular weight excluding hydrogens is 298 g/mol. The van der Waals surface area contributed by atoms with E-state index < -0.39 is 5.54 Å². The Balaban J connectivity index is 1.79. The van der Waals surface area contributed by atoms with Crippen LogP contribution in [-0.2, 0) is 14.3 Å². The van der Waals surface area contributed by atoms with Crippen molar-refractivity contribution in [3.05, 3.63) is 24.3 Å². The van der Waals surface area contributed by atoms with Gasteiger partial charge in [-0.25, -0.2) is 0 Å². The first-order valence-corrected chi connectivity index (χ1v) is 7.71. The molecule has 1 aliphatic rings. The maximum absolute atomic E-state index is 12.1. The van der Waals surface area contributed by atoms with Crippen LogP contribution in [0, 0.1) is 0 Å². The standard InChI is InChI=1S/C16H23N3O4/c1-2-23-13-5-3-12(4-6-13)19-14(20)11-18-15(21)16(17)7-9-22-10-8-16/h3-6H,2,7-11,17H2,1H3,(H,18,21)(H,19,20). The van der Waals surface area contributed by atoms with E-state index in [1.165, 1.54) is 0 Å². The number of benzene rings is 1. The molecule has 1 saturated heterocycles. The Labute approximate surface area is 135 Å². The average Bonchev–Trinajstić information content (AvgIpc) is 2.55. The summed E-state index contributed by atoms with van der Waals surface area (Å²) < 4.78 is 10.5. The Hall–Kier alpha value is -2.12. The molecule has 1 aromatic carbocycles. The third-order valence-electron chi connectivity index (χ3n) is 3.70. The highest BCUT2D eigenvalue weighted by atomic mass is 16.5. The van der Waals surface area contributed by atoms with Gasteiger partial charge in [-0.15, -0.1) is 0 Å². The lowest BCUT2D eigenvalue weighted by molar-refractivity contribution is -0.131. The summed E-state index contributed by atoms with van der Waals surface area (Å²) >= 11 is 0. The summed E-state index contributed by atoms with van der Waals surface area (Å²) in [6.45, 7) is 3.29. The van der Waals surface area contributed by atoms with E-state index in [0.29, 0.717) is 38.3 Å². The fourth-order valence-electron chi connectivity index (χ4n) is 2.31. The number of nitrogens with two attached hydrogens (primary N) is 1. The van der Waals surface area contributed by atoms with Crippen molar-refractivity contribution in [2.24, 2.45) is 5.73 Å². The number of anilines is 1. The molecule has 0 aromatic heterocycles. The van der Waals surface area contributed by atoms with Gasteiger partial charge in [0, 0.05) is 18.9 Å². The summed E-state index contributed by atoms with van der Waals surface area (Å²) in [5, 5.41) is 5.30. The molecule has 0 radical (unpaired) electrons. The van der Waals surface area contributed by atoms with Crippen molar-refractivity contribution in [1.82, 2.24) is 5.32 Å². The number of carbonyl (C=O) groups excluding carboxylic acids is 2. The lowest BCUT2D eigenvalue weighted by Crippen LogP contribution is -2.57. The van der Waals surface area contributed by atoms with Crippen molar-refractivity contribution >= 4 is 17.5 Å². The topological polar surface area (TPSA) is 103 Å². The molecule has 0 aliphatic carbocycles. The van der Waals surface area contributed by atoms with Crippen molar-refractivity contribution in [3.63, 3.8) is 0 Å². The molecule has 2 amide bonds. The van der Waals surface area contributed by atoms with Crippen LogP contribution < -0.4 is 21.1 Å². The van der Waals surface area contributed by atoms with Crippen molar-refractivity contribution in [2.75, 3.05) is 31.7 Å². The fourth-order valence-corrected chi connectivity index (χ4v) is 2.31. The monoisotopic (exact) mass is 321 g/mol. The van der Waals surface area contributed by atoms with Gasteiger partial charge in [-0.05, 0) is 44.0 Å². The third-order valence-corrected chi connectivity index (χ3v) is 3.70. The maximum atomic E-state index is 12.1. The summed E-state index contributed by atoms with van der Waals surface area (Å²) in [5.41, 5.74) is 5.74. The highest BCUT2D eigenvalue weighted by Crippen LogP contribution is 2.18. The first-order valence-electron chi connectivity index (χ1n) is 7.71. The third kappa shape index (κ3) is 4.94. The van der Waals surface area contributed by atoms with Crippen LogP contribution in [0.1, 0.15) is 19.8 Å². The molecule has 23 heavy (non-hydrogen) atoms. The van der Waals surface area contributed by atoms with E-state index >= 15 is 0 Å². The van der Waals surface area contributed by atoms with Gasteiger partial charge in [-0.2, -0.15) is 0 Å². The van der Waals surface area contributed by atoms with Gasteiger partial charge in [0.15, 0.2) is 0 Å². The Morgan fingerprint density at radius 1 is 1.26 bits per heavy atom. The number of hydrogen-bond acceptors (Lipinski definition) is 5. The van der Waals surface area contributed by atoms with Gasteiger partial charge in [0.25, 0.3) is 0 Å². The molecule has 0 atom stereocenters. The van der Waals surface area contributed by atoms with Crippen LogP contribution in [0.2, 0.25) is 0 Å². The van der Waals surface area contributed by atoms with Crippen LogP contribution in [0.3, 0.4) is 0 Å². The second kappa shape index (κ2) is 7.94. The zero-order valence-electron chi connectivity index (χ0n) is 13.3. The van der Waals surface area contributed by atoms with Gasteiger partial charge < -0.3 is 25.8 Å². The minimum Gasteiger partial charge on any atom is -0.494 e. The van der Waals surface area contributed by atoms with Crippen LogP contribution >= 0.6 is 0 Å². The molecule has 1 fully saturated rings. The normalized spacial score (nSPS) is 16.4. The van der Waals surface area contributed by atoms with Gasteiger partial charge in [-0.3, -0.25) is 9.59 Å². The number of amides is 2. The van der Waals surface area contributed by atoms with Crippen LogP contribution in [-0.4, -0.2) is 43.7 Å². The molecular formula is C16H23N3O4. The zero-order chi connectivity index (χ0) is 16.7. The Morgan fingerprint density at radius 3 is 2.52 bits per heavy atom. The van der Waals surface area contributed by atoms with Crippen LogP contribution in [0.4, 0.5) is 5.69 Å². The number of ether oxygens (including phenoxy) is 2. The molecule has 126 valence electrons. The van der Waals surface area contributed by atoms with Gasteiger partial charge >= 0.3 is 0 Å². The number of nitrogens with one attached hydrogen (secondary N) is 2. The molecule has 2 rings (SSSR count). The number of rotatable bonds is 6. The molecule has 0 saturated carbocycles. The van der Waals surface area contributed by atoms with Crippen LogP contribution in [0.15, 0.2) is 24.3 Å². The van der Waals surface area contributed by atoms with Gasteiger partial charge in [0.05, 0.1) is 18.7 Å². The average molecular weight is 321 g/mol. The van der Waals surface area contributed by atoms with Gasteiger partial charge in [0.1, 0.15) is 5.75 Å². The molecule has 7 heteroatoms. The summed E-state index contributed by atoms with van der Waals surface area (Å²) in [5.74, 6) is 0.115.